The van der Waals surface area contributed by atoms with Gasteiger partial charge in [0.05, 0.1) is 5.69 Å². The first-order chi connectivity index (χ1) is 15.2. The number of aliphatic imine (C=N–C) groups is 1. The third-order valence-electron chi connectivity index (χ3n) is 5.44. The van der Waals surface area contributed by atoms with Crippen molar-refractivity contribution < 1.29 is 8.81 Å². The number of hydrogen-bond donors (Lipinski definition) is 1. The Bertz CT molecular complexity index is 979. The van der Waals surface area contributed by atoms with Gasteiger partial charge in [-0.3, -0.25) is 9.89 Å². The lowest BCUT2D eigenvalue weighted by atomic mass is 10.2. The molecule has 162 valence electrons. The van der Waals surface area contributed by atoms with Crippen LogP contribution in [0.5, 0.6) is 0 Å². The second kappa shape index (κ2) is 10.2. The number of guanidine groups is 1. The summed E-state index contributed by atoms with van der Waals surface area (Å²) >= 11 is 0. The van der Waals surface area contributed by atoms with Crippen molar-refractivity contribution in [1.82, 2.24) is 20.1 Å². The minimum atomic E-state index is -0.271. The molecule has 7 heteroatoms. The quantitative estimate of drug-likeness (QED) is 0.488. The van der Waals surface area contributed by atoms with Gasteiger partial charge in [0.15, 0.2) is 5.96 Å². The molecular weight excluding hydrogens is 393 g/mol. The lowest BCUT2D eigenvalue weighted by Crippen LogP contribution is -2.52. The van der Waals surface area contributed by atoms with Crippen LogP contribution in [0, 0.1) is 5.82 Å². The van der Waals surface area contributed by atoms with E-state index in [0.29, 0.717) is 12.4 Å². The highest BCUT2D eigenvalue weighted by atomic mass is 19.1. The molecule has 0 unspecified atom stereocenters. The summed E-state index contributed by atoms with van der Waals surface area (Å²) < 4.78 is 18.6. The Morgan fingerprint density at radius 3 is 2.52 bits per heavy atom. The molecule has 2 heterocycles. The zero-order chi connectivity index (χ0) is 21.5. The Labute approximate surface area is 182 Å². The van der Waals surface area contributed by atoms with Crippen LogP contribution in [0.15, 0.2) is 70.3 Å². The summed E-state index contributed by atoms with van der Waals surface area (Å²) in [6.45, 7) is 5.63. The first kappa shape index (κ1) is 21.1. The van der Waals surface area contributed by atoms with Crippen LogP contribution in [0.25, 0.3) is 11.5 Å². The number of rotatable bonds is 6. The average molecular weight is 422 g/mol. The lowest BCUT2D eigenvalue weighted by molar-refractivity contribution is 0.172. The summed E-state index contributed by atoms with van der Waals surface area (Å²) in [6.07, 6.45) is 2.38. The molecule has 1 saturated heterocycles. The summed E-state index contributed by atoms with van der Waals surface area (Å²) in [5.74, 6) is 1.16. The zero-order valence-electron chi connectivity index (χ0n) is 17.8. The van der Waals surface area contributed by atoms with Gasteiger partial charge in [0.2, 0.25) is 5.89 Å². The Morgan fingerprint density at radius 2 is 1.81 bits per heavy atom. The first-order valence-electron chi connectivity index (χ1n) is 10.6. The summed E-state index contributed by atoms with van der Waals surface area (Å²) in [5.41, 5.74) is 2.98. The van der Waals surface area contributed by atoms with Crippen LogP contribution in [0.1, 0.15) is 11.3 Å². The molecule has 2 aromatic carbocycles. The Morgan fingerprint density at radius 1 is 1.06 bits per heavy atom. The van der Waals surface area contributed by atoms with Crippen LogP contribution in [-0.2, 0) is 13.0 Å². The predicted octanol–water partition coefficient (Wildman–Crippen LogP) is 3.42. The van der Waals surface area contributed by atoms with Crippen LogP contribution < -0.4 is 5.32 Å². The van der Waals surface area contributed by atoms with Crippen molar-refractivity contribution in [3.63, 3.8) is 0 Å². The molecule has 1 aliphatic rings. The Kier molecular flexibility index (Phi) is 6.94. The fourth-order valence-electron chi connectivity index (χ4n) is 3.74. The van der Waals surface area contributed by atoms with Gasteiger partial charge in [0, 0.05) is 58.3 Å². The van der Waals surface area contributed by atoms with Gasteiger partial charge in [0.1, 0.15) is 12.1 Å². The number of piperazine rings is 1. The number of nitrogens with zero attached hydrogens (tertiary/aromatic N) is 4. The molecule has 0 atom stereocenters. The molecule has 1 aliphatic heterocycles. The van der Waals surface area contributed by atoms with Crippen LogP contribution >= 0.6 is 0 Å². The van der Waals surface area contributed by atoms with E-state index in [4.69, 9.17) is 4.42 Å². The SMILES string of the molecule is CN=C(NCCc1coc(-c2ccc(F)cc2)n1)N1CCN(Cc2ccccc2)CC1. The van der Waals surface area contributed by atoms with E-state index in [1.807, 2.05) is 7.05 Å². The van der Waals surface area contributed by atoms with Crippen molar-refractivity contribution in [3.8, 4) is 11.5 Å². The molecule has 31 heavy (non-hydrogen) atoms. The first-order valence-corrected chi connectivity index (χ1v) is 10.6. The van der Waals surface area contributed by atoms with Crippen LogP contribution in [0.2, 0.25) is 0 Å². The molecule has 0 spiro atoms. The van der Waals surface area contributed by atoms with E-state index in [-0.39, 0.29) is 5.82 Å². The normalized spacial score (nSPS) is 15.3. The van der Waals surface area contributed by atoms with Gasteiger partial charge in [-0.15, -0.1) is 0 Å². The van der Waals surface area contributed by atoms with Crippen LogP contribution in [0.4, 0.5) is 4.39 Å². The molecule has 0 radical (unpaired) electrons. The molecule has 4 rings (SSSR count). The van der Waals surface area contributed by atoms with E-state index in [0.717, 1.165) is 56.4 Å². The number of hydrogen-bond acceptors (Lipinski definition) is 4. The Hall–Kier alpha value is -3.19. The highest BCUT2D eigenvalue weighted by molar-refractivity contribution is 5.80. The van der Waals surface area contributed by atoms with E-state index in [2.05, 4.69) is 55.4 Å². The van der Waals surface area contributed by atoms with Crippen molar-refractivity contribution in [2.24, 2.45) is 4.99 Å². The number of nitrogens with one attached hydrogen (secondary N) is 1. The van der Waals surface area contributed by atoms with Crippen molar-refractivity contribution in [1.29, 1.82) is 0 Å². The maximum absolute atomic E-state index is 13.1. The summed E-state index contributed by atoms with van der Waals surface area (Å²) in [4.78, 5) is 13.7. The number of oxazole rings is 1. The summed E-state index contributed by atoms with van der Waals surface area (Å²) in [6, 6.07) is 16.7. The van der Waals surface area contributed by atoms with Crippen molar-refractivity contribution >= 4 is 5.96 Å². The third kappa shape index (κ3) is 5.70. The molecule has 0 aliphatic carbocycles. The van der Waals surface area contributed by atoms with Crippen LogP contribution in [0.3, 0.4) is 0 Å². The monoisotopic (exact) mass is 421 g/mol. The molecule has 6 nitrogen and oxygen atoms in total. The van der Waals surface area contributed by atoms with E-state index in [1.54, 1.807) is 18.4 Å². The van der Waals surface area contributed by atoms with Gasteiger partial charge in [-0.25, -0.2) is 9.37 Å². The van der Waals surface area contributed by atoms with Crippen LogP contribution in [-0.4, -0.2) is 60.5 Å². The number of aromatic nitrogens is 1. The predicted molar refractivity (Wildman–Crippen MR) is 120 cm³/mol. The molecule has 0 bridgehead atoms. The second-order valence-corrected chi connectivity index (χ2v) is 7.62. The maximum atomic E-state index is 13.1. The van der Waals surface area contributed by atoms with E-state index < -0.39 is 0 Å². The standard InChI is InChI=1S/C24H28FN5O/c1-26-24(30-15-13-29(14-16-30)17-19-5-3-2-4-6-19)27-12-11-22-18-31-23(28-22)20-7-9-21(25)10-8-20/h2-10,18H,11-17H2,1H3,(H,26,27). The molecule has 1 N–H and O–H groups in total. The number of halogens is 1. The topological polar surface area (TPSA) is 56.9 Å². The lowest BCUT2D eigenvalue weighted by Gasteiger charge is -2.36. The largest absolute Gasteiger partial charge is 0.444 e. The highest BCUT2D eigenvalue weighted by Crippen LogP contribution is 2.19. The summed E-state index contributed by atoms with van der Waals surface area (Å²) in [7, 11) is 1.82. The smallest absolute Gasteiger partial charge is 0.226 e. The minimum absolute atomic E-state index is 0.271. The number of benzene rings is 2. The van der Waals surface area contributed by atoms with Gasteiger partial charge in [-0.2, -0.15) is 0 Å². The van der Waals surface area contributed by atoms with Gasteiger partial charge >= 0.3 is 0 Å². The molecule has 0 saturated carbocycles. The van der Waals surface area contributed by atoms with E-state index in [9.17, 15) is 4.39 Å². The van der Waals surface area contributed by atoms with Crippen molar-refractivity contribution in [3.05, 3.63) is 77.9 Å². The summed E-state index contributed by atoms with van der Waals surface area (Å²) in [5, 5.41) is 3.43. The zero-order valence-corrected chi connectivity index (χ0v) is 17.8. The van der Waals surface area contributed by atoms with Gasteiger partial charge in [0.25, 0.3) is 0 Å². The average Bonchev–Trinajstić information content (AvgIpc) is 3.28. The molecule has 0 amide bonds. The third-order valence-corrected chi connectivity index (χ3v) is 5.44. The maximum Gasteiger partial charge on any atom is 0.226 e. The molecule has 3 aromatic rings. The van der Waals surface area contributed by atoms with Crippen molar-refractivity contribution in [2.75, 3.05) is 39.8 Å². The van der Waals surface area contributed by atoms with Gasteiger partial charge in [-0.05, 0) is 29.8 Å². The van der Waals surface area contributed by atoms with E-state index >= 15 is 0 Å². The molecule has 1 fully saturated rings. The molecule has 1 aromatic heterocycles. The van der Waals surface area contributed by atoms with E-state index in [1.165, 1.54) is 17.7 Å². The minimum Gasteiger partial charge on any atom is -0.444 e. The van der Waals surface area contributed by atoms with Gasteiger partial charge in [-0.1, -0.05) is 30.3 Å². The fourth-order valence-corrected chi connectivity index (χ4v) is 3.74. The molecular formula is C24H28FN5O. The second-order valence-electron chi connectivity index (χ2n) is 7.62. The highest BCUT2D eigenvalue weighted by Gasteiger charge is 2.19. The van der Waals surface area contributed by atoms with Gasteiger partial charge < -0.3 is 14.6 Å². The fraction of sp³-hybridized carbons (Fsp3) is 0.333. The van der Waals surface area contributed by atoms with Crippen molar-refractivity contribution in [2.45, 2.75) is 13.0 Å². The Balaban J connectivity index is 1.23.